The minimum absolute atomic E-state index is 0.0868. The molecule has 0 heterocycles. The molecule has 0 aromatic heterocycles. The third-order valence-electron chi connectivity index (χ3n) is 4.66. The van der Waals surface area contributed by atoms with Crippen molar-refractivity contribution in [3.63, 3.8) is 0 Å². The molecule has 0 spiro atoms. The van der Waals surface area contributed by atoms with Crippen LogP contribution in [0.4, 0.5) is 0 Å². The van der Waals surface area contributed by atoms with E-state index in [-0.39, 0.29) is 24.8 Å². The van der Waals surface area contributed by atoms with Crippen molar-refractivity contribution >= 4 is 18.9 Å². The maximum absolute atomic E-state index is 12.7. The van der Waals surface area contributed by atoms with E-state index in [1.165, 1.54) is 0 Å². The molecule has 0 unspecified atom stereocenters. The van der Waals surface area contributed by atoms with Gasteiger partial charge in [-0.2, -0.15) is 0 Å². The molecule has 2 amide bonds. The Morgan fingerprint density at radius 1 is 1.07 bits per heavy atom. The molecule has 0 aliphatic rings. The summed E-state index contributed by atoms with van der Waals surface area (Å²) in [5.41, 5.74) is 2.41. The predicted octanol–water partition coefficient (Wildman–Crippen LogP) is 1.59. The van der Waals surface area contributed by atoms with Gasteiger partial charge in [-0.25, -0.2) is 0 Å². The maximum atomic E-state index is 12.7. The molecule has 6 nitrogen and oxygen atoms in total. The molecule has 7 heteroatoms. The molecular formula is C21H27BN2O4. The van der Waals surface area contributed by atoms with Crippen LogP contribution >= 0.6 is 0 Å². The molecular weight excluding hydrogens is 355 g/mol. The van der Waals surface area contributed by atoms with E-state index in [9.17, 15) is 19.6 Å². The highest BCUT2D eigenvalue weighted by Gasteiger charge is 2.26. The first kappa shape index (κ1) is 21.7. The van der Waals surface area contributed by atoms with Crippen molar-refractivity contribution in [2.75, 3.05) is 13.1 Å². The van der Waals surface area contributed by atoms with E-state index in [2.05, 4.69) is 5.32 Å². The van der Waals surface area contributed by atoms with Gasteiger partial charge in [0.05, 0.1) is 5.94 Å². The Hall–Kier alpha value is -2.64. The highest BCUT2D eigenvalue weighted by Crippen LogP contribution is 2.11. The third kappa shape index (κ3) is 6.21. The van der Waals surface area contributed by atoms with Gasteiger partial charge >= 0.3 is 7.12 Å². The van der Waals surface area contributed by atoms with Crippen molar-refractivity contribution in [1.29, 1.82) is 0 Å². The fourth-order valence-corrected chi connectivity index (χ4v) is 3.00. The Morgan fingerprint density at radius 2 is 1.71 bits per heavy atom. The molecule has 3 N–H and O–H groups in total. The lowest BCUT2D eigenvalue weighted by Crippen LogP contribution is -2.48. The van der Waals surface area contributed by atoms with Crippen molar-refractivity contribution in [3.8, 4) is 0 Å². The molecule has 2 aromatic carbocycles. The monoisotopic (exact) mass is 382 g/mol. The molecule has 0 radical (unpaired) electrons. The number of rotatable bonds is 9. The van der Waals surface area contributed by atoms with Crippen LogP contribution in [-0.2, 0) is 11.2 Å². The summed E-state index contributed by atoms with van der Waals surface area (Å²) in [6, 6.07) is 16.7. The number of carbonyl (C=O) groups is 2. The van der Waals surface area contributed by atoms with E-state index in [0.29, 0.717) is 18.5 Å². The largest absolute Gasteiger partial charge is 0.475 e. The van der Waals surface area contributed by atoms with E-state index < -0.39 is 13.1 Å². The number of hydrogen-bond acceptors (Lipinski definition) is 4. The molecule has 0 bridgehead atoms. The van der Waals surface area contributed by atoms with Gasteiger partial charge in [0.25, 0.3) is 5.91 Å². The zero-order valence-corrected chi connectivity index (χ0v) is 16.3. The second kappa shape index (κ2) is 10.6. The van der Waals surface area contributed by atoms with E-state index in [0.717, 1.165) is 11.1 Å². The minimum Gasteiger partial charge on any atom is -0.426 e. The van der Waals surface area contributed by atoms with Crippen LogP contribution < -0.4 is 5.32 Å². The average molecular weight is 382 g/mol. The molecule has 0 saturated carbocycles. The van der Waals surface area contributed by atoms with Crippen molar-refractivity contribution < 1.29 is 19.6 Å². The quantitative estimate of drug-likeness (QED) is 0.575. The van der Waals surface area contributed by atoms with Crippen LogP contribution in [0, 0.1) is 6.92 Å². The summed E-state index contributed by atoms with van der Waals surface area (Å²) in [6.07, 6.45) is 0.396. The van der Waals surface area contributed by atoms with Gasteiger partial charge in [-0.05, 0) is 37.5 Å². The van der Waals surface area contributed by atoms with Crippen LogP contribution in [0.1, 0.15) is 34.8 Å². The zero-order valence-electron chi connectivity index (χ0n) is 16.3. The Labute approximate surface area is 166 Å². The van der Waals surface area contributed by atoms with Crippen LogP contribution in [0.15, 0.2) is 54.6 Å². The van der Waals surface area contributed by atoms with Gasteiger partial charge in [-0.1, -0.05) is 48.5 Å². The summed E-state index contributed by atoms with van der Waals surface area (Å²) in [6.45, 7) is 4.49. The number of hydrogen-bond donors (Lipinski definition) is 3. The molecule has 28 heavy (non-hydrogen) atoms. The lowest BCUT2D eigenvalue weighted by atomic mass is 9.76. The highest BCUT2D eigenvalue weighted by molar-refractivity contribution is 6.43. The number of nitrogens with one attached hydrogen (secondary N) is 1. The van der Waals surface area contributed by atoms with E-state index in [1.54, 1.807) is 11.0 Å². The zero-order chi connectivity index (χ0) is 20.5. The number of carbonyl (C=O) groups excluding carboxylic acids is 2. The molecule has 1 atom stereocenters. The molecule has 2 aromatic rings. The van der Waals surface area contributed by atoms with Gasteiger partial charge < -0.3 is 20.3 Å². The molecule has 0 saturated heterocycles. The van der Waals surface area contributed by atoms with Gasteiger partial charge in [0, 0.05) is 25.1 Å². The first-order valence-electron chi connectivity index (χ1n) is 9.46. The first-order valence-corrected chi connectivity index (χ1v) is 9.46. The predicted molar refractivity (Wildman–Crippen MR) is 110 cm³/mol. The smallest absolute Gasteiger partial charge is 0.426 e. The van der Waals surface area contributed by atoms with E-state index >= 15 is 0 Å². The number of amides is 2. The Morgan fingerprint density at radius 3 is 2.32 bits per heavy atom. The van der Waals surface area contributed by atoms with Crippen LogP contribution in [0.3, 0.4) is 0 Å². The standard InChI is InChI=1S/C21H27BN2O4/c1-3-24(21(26)18-12-8-7-9-16(18)2)14-13-20(25)23-19(22(27)28)15-17-10-5-4-6-11-17/h4-12,19,27-28H,3,13-15H2,1-2H3,(H,23,25)/t19-/m0/s1. The SMILES string of the molecule is CCN(CCC(=O)N[C@@H](Cc1ccccc1)B(O)O)C(=O)c1ccccc1C. The van der Waals surface area contributed by atoms with E-state index in [1.807, 2.05) is 62.4 Å². The van der Waals surface area contributed by atoms with Gasteiger partial charge in [-0.15, -0.1) is 0 Å². The molecule has 0 aliphatic heterocycles. The molecule has 2 rings (SSSR count). The Kier molecular flexibility index (Phi) is 8.23. The summed E-state index contributed by atoms with van der Waals surface area (Å²) in [5.74, 6) is -1.25. The number of nitrogens with zero attached hydrogens (tertiary/aromatic N) is 1. The molecule has 0 aliphatic carbocycles. The molecule has 148 valence electrons. The summed E-state index contributed by atoms with van der Waals surface area (Å²) < 4.78 is 0. The first-order chi connectivity index (χ1) is 13.4. The number of benzene rings is 2. The lowest BCUT2D eigenvalue weighted by molar-refractivity contribution is -0.121. The Balaban J connectivity index is 1.93. The topological polar surface area (TPSA) is 89.9 Å². The van der Waals surface area contributed by atoms with Gasteiger partial charge in [0.1, 0.15) is 0 Å². The third-order valence-corrected chi connectivity index (χ3v) is 4.66. The normalized spacial score (nSPS) is 11.6. The summed E-state index contributed by atoms with van der Waals surface area (Å²) in [7, 11) is -1.67. The summed E-state index contributed by atoms with van der Waals surface area (Å²) in [4.78, 5) is 26.6. The molecule has 0 fully saturated rings. The van der Waals surface area contributed by atoms with Crippen LogP contribution in [-0.4, -0.2) is 52.9 Å². The summed E-state index contributed by atoms with van der Waals surface area (Å²) in [5, 5.41) is 21.8. The van der Waals surface area contributed by atoms with Crippen LogP contribution in [0.25, 0.3) is 0 Å². The average Bonchev–Trinajstić information content (AvgIpc) is 2.69. The van der Waals surface area contributed by atoms with Crippen molar-refractivity contribution in [2.24, 2.45) is 0 Å². The summed E-state index contributed by atoms with van der Waals surface area (Å²) >= 11 is 0. The van der Waals surface area contributed by atoms with Gasteiger partial charge in [0.2, 0.25) is 5.91 Å². The Bertz CT molecular complexity index is 783. The van der Waals surface area contributed by atoms with E-state index in [4.69, 9.17) is 0 Å². The van der Waals surface area contributed by atoms with Crippen molar-refractivity contribution in [1.82, 2.24) is 10.2 Å². The van der Waals surface area contributed by atoms with Crippen LogP contribution in [0.5, 0.6) is 0 Å². The van der Waals surface area contributed by atoms with Gasteiger partial charge in [-0.3, -0.25) is 9.59 Å². The second-order valence-electron chi connectivity index (χ2n) is 6.73. The second-order valence-corrected chi connectivity index (χ2v) is 6.73. The minimum atomic E-state index is -1.67. The van der Waals surface area contributed by atoms with Crippen LogP contribution in [0.2, 0.25) is 0 Å². The van der Waals surface area contributed by atoms with Crippen molar-refractivity contribution in [3.05, 3.63) is 71.3 Å². The highest BCUT2D eigenvalue weighted by atomic mass is 16.4. The van der Waals surface area contributed by atoms with Crippen molar-refractivity contribution in [2.45, 2.75) is 32.6 Å². The number of aryl methyl sites for hydroxylation is 1. The fraction of sp³-hybridized carbons (Fsp3) is 0.333. The fourth-order valence-electron chi connectivity index (χ4n) is 3.00. The lowest BCUT2D eigenvalue weighted by Gasteiger charge is -2.23. The van der Waals surface area contributed by atoms with Gasteiger partial charge in [0.15, 0.2) is 0 Å². The maximum Gasteiger partial charge on any atom is 0.475 e.